The number of aromatic nitrogens is 2. The number of nitrogen functional groups attached to an aromatic ring is 1. The van der Waals surface area contributed by atoms with Crippen LogP contribution in [0.25, 0.3) is 0 Å². The van der Waals surface area contributed by atoms with Gasteiger partial charge in [-0.15, -0.1) is 0 Å². The summed E-state index contributed by atoms with van der Waals surface area (Å²) < 4.78 is 5.31. The van der Waals surface area contributed by atoms with Crippen molar-refractivity contribution < 1.29 is 4.74 Å². The maximum atomic E-state index is 6.01. The van der Waals surface area contributed by atoms with Crippen LogP contribution in [0.1, 0.15) is 31.3 Å². The number of nitrogens with two attached hydrogens (primary N) is 1. The Bertz CT molecular complexity index is 606. The molecule has 21 heavy (non-hydrogen) atoms. The fourth-order valence-corrected chi connectivity index (χ4v) is 2.13. The predicted molar refractivity (Wildman–Crippen MR) is 85.3 cm³/mol. The average Bonchev–Trinajstić information content (AvgIpc) is 2.44. The van der Waals surface area contributed by atoms with Gasteiger partial charge in [-0.25, -0.2) is 9.97 Å². The zero-order chi connectivity index (χ0) is 15.2. The van der Waals surface area contributed by atoms with Gasteiger partial charge in [-0.3, -0.25) is 0 Å². The van der Waals surface area contributed by atoms with Crippen LogP contribution in [-0.2, 0) is 11.3 Å². The third-order valence-electron chi connectivity index (χ3n) is 2.94. The molecule has 6 heteroatoms. The molecule has 2 aromatic rings. The number of ether oxygens (including phenoxy) is 1. The second kappa shape index (κ2) is 7.24. The lowest BCUT2D eigenvalue weighted by Crippen LogP contribution is -2.11. The number of nitrogens with one attached hydrogen (secondary N) is 1. The topological polar surface area (TPSA) is 73.1 Å². The van der Waals surface area contributed by atoms with Crippen molar-refractivity contribution in [3.05, 3.63) is 46.7 Å². The van der Waals surface area contributed by atoms with Crippen molar-refractivity contribution in [1.82, 2.24) is 9.97 Å². The van der Waals surface area contributed by atoms with Crippen molar-refractivity contribution in [2.24, 2.45) is 0 Å². The number of benzene rings is 1. The van der Waals surface area contributed by atoms with Crippen LogP contribution in [0.2, 0.25) is 5.02 Å². The maximum Gasteiger partial charge on any atom is 0.158 e. The van der Waals surface area contributed by atoms with Crippen LogP contribution in [0.5, 0.6) is 0 Å². The first-order valence-corrected chi connectivity index (χ1v) is 7.19. The number of hydrogen-bond donors (Lipinski definition) is 2. The Morgan fingerprint density at radius 3 is 2.86 bits per heavy atom. The molecule has 112 valence electrons. The number of rotatable bonds is 6. The number of halogens is 1. The molecule has 5 nitrogen and oxygen atoms in total. The number of nitrogens with zero attached hydrogens (tertiary/aromatic N) is 2. The van der Waals surface area contributed by atoms with Gasteiger partial charge < -0.3 is 15.8 Å². The second-order valence-corrected chi connectivity index (χ2v) is 5.09. The van der Waals surface area contributed by atoms with Gasteiger partial charge in [-0.1, -0.05) is 23.7 Å². The third kappa shape index (κ3) is 4.58. The SMILES string of the molecule is CCOCc1nc(N)cc(NC(C)c2cccc(Cl)c2)n1. The van der Waals surface area contributed by atoms with E-state index in [1.807, 2.05) is 38.1 Å². The summed E-state index contributed by atoms with van der Waals surface area (Å²) in [5, 5.41) is 4.01. The van der Waals surface area contributed by atoms with Crippen molar-refractivity contribution >= 4 is 23.2 Å². The minimum Gasteiger partial charge on any atom is -0.384 e. The van der Waals surface area contributed by atoms with Gasteiger partial charge in [-0.05, 0) is 31.5 Å². The van der Waals surface area contributed by atoms with Gasteiger partial charge in [0.1, 0.15) is 18.2 Å². The largest absolute Gasteiger partial charge is 0.384 e. The van der Waals surface area contributed by atoms with Gasteiger partial charge in [0.15, 0.2) is 5.82 Å². The highest BCUT2D eigenvalue weighted by molar-refractivity contribution is 6.30. The van der Waals surface area contributed by atoms with Crippen LogP contribution in [0.3, 0.4) is 0 Å². The Kier molecular flexibility index (Phi) is 5.36. The molecule has 0 aliphatic rings. The van der Waals surface area contributed by atoms with E-state index >= 15 is 0 Å². The number of hydrogen-bond acceptors (Lipinski definition) is 5. The first kappa shape index (κ1) is 15.5. The van der Waals surface area contributed by atoms with Gasteiger partial charge in [0.2, 0.25) is 0 Å². The van der Waals surface area contributed by atoms with E-state index in [9.17, 15) is 0 Å². The Morgan fingerprint density at radius 1 is 1.33 bits per heavy atom. The molecule has 2 rings (SSSR count). The van der Waals surface area contributed by atoms with E-state index in [-0.39, 0.29) is 6.04 Å². The lowest BCUT2D eigenvalue weighted by atomic mass is 10.1. The van der Waals surface area contributed by atoms with Crippen LogP contribution in [0.15, 0.2) is 30.3 Å². The fourth-order valence-electron chi connectivity index (χ4n) is 1.93. The molecular formula is C15H19ClN4O. The zero-order valence-electron chi connectivity index (χ0n) is 12.1. The van der Waals surface area contributed by atoms with Crippen molar-refractivity contribution in [3.8, 4) is 0 Å². The Morgan fingerprint density at radius 2 is 2.14 bits per heavy atom. The van der Waals surface area contributed by atoms with Crippen LogP contribution in [0, 0.1) is 0 Å². The fraction of sp³-hybridized carbons (Fsp3) is 0.333. The average molecular weight is 307 g/mol. The van der Waals surface area contributed by atoms with Crippen LogP contribution >= 0.6 is 11.6 Å². The first-order valence-electron chi connectivity index (χ1n) is 6.81. The van der Waals surface area contributed by atoms with Crippen LogP contribution in [-0.4, -0.2) is 16.6 Å². The highest BCUT2D eigenvalue weighted by atomic mass is 35.5. The Balaban J connectivity index is 2.13. The summed E-state index contributed by atoms with van der Waals surface area (Å²) in [6.45, 7) is 4.92. The molecule has 1 aromatic carbocycles. The van der Waals surface area contributed by atoms with Gasteiger partial charge in [0, 0.05) is 23.7 Å². The molecule has 1 aromatic heterocycles. The highest BCUT2D eigenvalue weighted by Crippen LogP contribution is 2.21. The molecule has 3 N–H and O–H groups in total. The molecule has 0 aliphatic heterocycles. The van der Waals surface area contributed by atoms with E-state index in [1.165, 1.54) is 0 Å². The van der Waals surface area contributed by atoms with E-state index in [1.54, 1.807) is 6.07 Å². The highest BCUT2D eigenvalue weighted by Gasteiger charge is 2.09. The van der Waals surface area contributed by atoms with E-state index in [4.69, 9.17) is 22.1 Å². The summed E-state index contributed by atoms with van der Waals surface area (Å²) in [7, 11) is 0. The molecule has 1 unspecified atom stereocenters. The van der Waals surface area contributed by atoms with E-state index < -0.39 is 0 Å². The second-order valence-electron chi connectivity index (χ2n) is 4.65. The van der Waals surface area contributed by atoms with Crippen molar-refractivity contribution in [2.75, 3.05) is 17.7 Å². The predicted octanol–water partition coefficient (Wildman–Crippen LogP) is 3.42. The van der Waals surface area contributed by atoms with Crippen molar-refractivity contribution in [2.45, 2.75) is 26.5 Å². The lowest BCUT2D eigenvalue weighted by molar-refractivity contribution is 0.128. The summed E-state index contributed by atoms with van der Waals surface area (Å²) >= 11 is 6.01. The smallest absolute Gasteiger partial charge is 0.158 e. The third-order valence-corrected chi connectivity index (χ3v) is 3.18. The zero-order valence-corrected chi connectivity index (χ0v) is 12.9. The van der Waals surface area contributed by atoms with E-state index in [0.717, 1.165) is 5.56 Å². The van der Waals surface area contributed by atoms with E-state index in [2.05, 4.69) is 15.3 Å². The minimum atomic E-state index is 0.0537. The number of anilines is 2. The molecule has 1 atom stereocenters. The van der Waals surface area contributed by atoms with Crippen LogP contribution < -0.4 is 11.1 Å². The first-order chi connectivity index (χ1) is 10.1. The van der Waals surface area contributed by atoms with Crippen molar-refractivity contribution in [1.29, 1.82) is 0 Å². The van der Waals surface area contributed by atoms with Crippen molar-refractivity contribution in [3.63, 3.8) is 0 Å². The van der Waals surface area contributed by atoms with Gasteiger partial charge in [-0.2, -0.15) is 0 Å². The molecule has 0 radical (unpaired) electrons. The molecule has 0 amide bonds. The summed E-state index contributed by atoms with van der Waals surface area (Å²) in [5.41, 5.74) is 6.88. The Labute approximate surface area is 129 Å². The normalized spacial score (nSPS) is 12.1. The molecule has 0 spiro atoms. The molecule has 0 fully saturated rings. The summed E-state index contributed by atoms with van der Waals surface area (Å²) in [6, 6.07) is 9.46. The monoisotopic (exact) mass is 306 g/mol. The van der Waals surface area contributed by atoms with Gasteiger partial charge >= 0.3 is 0 Å². The van der Waals surface area contributed by atoms with Gasteiger partial charge in [0.25, 0.3) is 0 Å². The quantitative estimate of drug-likeness (QED) is 0.855. The minimum absolute atomic E-state index is 0.0537. The molecular weight excluding hydrogens is 288 g/mol. The van der Waals surface area contributed by atoms with Crippen LogP contribution in [0.4, 0.5) is 11.6 Å². The molecule has 1 heterocycles. The Hall–Kier alpha value is -1.85. The van der Waals surface area contributed by atoms with Gasteiger partial charge in [0.05, 0.1) is 0 Å². The lowest BCUT2D eigenvalue weighted by Gasteiger charge is -2.16. The standard InChI is InChI=1S/C15H19ClN4O/c1-3-21-9-15-19-13(17)8-14(20-15)18-10(2)11-5-4-6-12(16)7-11/h4-8,10H,3,9H2,1-2H3,(H3,17,18,19,20). The molecule has 0 bridgehead atoms. The summed E-state index contributed by atoms with van der Waals surface area (Å²) in [5.74, 6) is 1.66. The summed E-state index contributed by atoms with van der Waals surface area (Å²) in [4.78, 5) is 8.54. The summed E-state index contributed by atoms with van der Waals surface area (Å²) in [6.07, 6.45) is 0. The molecule has 0 saturated heterocycles. The molecule has 0 saturated carbocycles. The maximum absolute atomic E-state index is 6.01. The van der Waals surface area contributed by atoms with E-state index in [0.29, 0.717) is 35.7 Å². The molecule has 0 aliphatic carbocycles.